The van der Waals surface area contributed by atoms with Gasteiger partial charge in [-0.1, -0.05) is 57.2 Å². The first-order valence-electron chi connectivity index (χ1n) is 16.3. The van der Waals surface area contributed by atoms with Crippen molar-refractivity contribution in [3.8, 4) is 11.5 Å². The zero-order chi connectivity index (χ0) is 30.2. The lowest BCUT2D eigenvalue weighted by atomic mass is 9.81. The van der Waals surface area contributed by atoms with Crippen LogP contribution in [0, 0.1) is 5.92 Å². The number of hydrogen-bond donors (Lipinski definition) is 1. The summed E-state index contributed by atoms with van der Waals surface area (Å²) in [5.74, 6) is 2.90. The van der Waals surface area contributed by atoms with E-state index in [0.717, 1.165) is 62.3 Å². The molecule has 0 radical (unpaired) electrons. The van der Waals surface area contributed by atoms with Crippen molar-refractivity contribution < 1.29 is 24.0 Å². The first kappa shape index (κ1) is 30.8. The minimum absolute atomic E-state index is 0.113. The molecule has 0 atom stereocenters. The summed E-state index contributed by atoms with van der Waals surface area (Å²) < 4.78 is 13.6. The highest BCUT2D eigenvalue weighted by Crippen LogP contribution is 2.42. The number of aromatic hydroxyl groups is 1. The van der Waals surface area contributed by atoms with Crippen molar-refractivity contribution in [1.82, 2.24) is 0 Å². The molecule has 1 fully saturated rings. The van der Waals surface area contributed by atoms with Crippen molar-refractivity contribution in [1.29, 1.82) is 0 Å². The minimum Gasteiger partial charge on any atom is -0.508 e. The van der Waals surface area contributed by atoms with Gasteiger partial charge in [0.1, 0.15) is 23.8 Å². The Balaban J connectivity index is 0.000000463. The molecule has 1 saturated carbocycles. The van der Waals surface area contributed by atoms with Gasteiger partial charge < -0.3 is 14.6 Å². The van der Waals surface area contributed by atoms with Crippen molar-refractivity contribution in [2.75, 3.05) is 13.2 Å². The molecule has 0 aromatic heterocycles. The number of unbranched alkanes of at least 4 members (excludes halogenated alkanes) is 2. The van der Waals surface area contributed by atoms with E-state index in [2.05, 4.69) is 67.8 Å². The van der Waals surface area contributed by atoms with E-state index in [1.165, 1.54) is 60.2 Å². The molecule has 0 bridgehead atoms. The third kappa shape index (κ3) is 7.31. The van der Waals surface area contributed by atoms with Crippen molar-refractivity contribution in [2.45, 2.75) is 96.8 Å². The Kier molecular flexibility index (Phi) is 10.2. The topological polar surface area (TPSA) is 58.8 Å². The van der Waals surface area contributed by atoms with Crippen LogP contribution in [0.4, 0.5) is 5.69 Å². The van der Waals surface area contributed by atoms with E-state index in [4.69, 9.17) is 9.47 Å². The Morgan fingerprint density at radius 1 is 1.00 bits per heavy atom. The molecule has 5 heteroatoms. The molecular weight excluding hydrogens is 534 g/mol. The smallest absolute Gasteiger partial charge is 0.293 e. The number of carbonyl (C=O) groups excluding carboxylic acids is 1. The maximum absolute atomic E-state index is 10.4. The molecule has 0 spiro atoms. The van der Waals surface area contributed by atoms with Gasteiger partial charge in [0.2, 0.25) is 5.69 Å². The number of nitrogens with zero attached hydrogens (tertiary/aromatic N) is 1. The molecular formula is C38H48NO4+. The molecule has 0 amide bonds. The lowest BCUT2D eigenvalue weighted by molar-refractivity contribution is -0.438. The fourth-order valence-corrected chi connectivity index (χ4v) is 6.91. The lowest BCUT2D eigenvalue weighted by Crippen LogP contribution is -2.28. The van der Waals surface area contributed by atoms with Gasteiger partial charge in [0.25, 0.3) is 6.47 Å². The molecule has 2 aliphatic heterocycles. The molecule has 0 saturated heterocycles. The fraction of sp³-hybridized carbons (Fsp3) is 0.474. The van der Waals surface area contributed by atoms with Gasteiger partial charge in [-0.2, -0.15) is 4.58 Å². The van der Waals surface area contributed by atoms with E-state index in [9.17, 15) is 9.90 Å². The van der Waals surface area contributed by atoms with Crippen LogP contribution in [0.15, 0.2) is 71.5 Å². The number of para-hydroxylation sites is 1. The predicted octanol–water partition coefficient (Wildman–Crippen LogP) is 9.17. The summed E-state index contributed by atoms with van der Waals surface area (Å²) in [6, 6.07) is 14.0. The maximum atomic E-state index is 10.4. The standard InChI is InChI=1S/C31H33NO4.C7H14/c1-31(2)26-11-4-5-12-27(26)32(17-6-3-7-18-35-21-33)29(31)16-14-22-9-8-10-24-19-23-13-15-25(34)20-28(23)36-30(22)24;1-7-5-3-2-4-6-7/h4-5,11-16,19-21H,3,6-10,17-18H2,1-2H3;7H,2-6H2,1H3/p+1. The van der Waals surface area contributed by atoms with E-state index in [1.54, 1.807) is 12.1 Å². The van der Waals surface area contributed by atoms with E-state index >= 15 is 0 Å². The van der Waals surface area contributed by atoms with E-state index < -0.39 is 0 Å². The average molecular weight is 583 g/mol. The van der Waals surface area contributed by atoms with Crippen LogP contribution in [0.1, 0.15) is 103 Å². The maximum Gasteiger partial charge on any atom is 0.293 e. The van der Waals surface area contributed by atoms with Crippen molar-refractivity contribution in [3.05, 3.63) is 82.6 Å². The number of ether oxygens (including phenoxy) is 2. The summed E-state index contributed by atoms with van der Waals surface area (Å²) in [6.07, 6.45) is 20.1. The van der Waals surface area contributed by atoms with Crippen molar-refractivity contribution >= 4 is 23.9 Å². The van der Waals surface area contributed by atoms with Gasteiger partial charge in [0, 0.05) is 35.8 Å². The highest BCUT2D eigenvalue weighted by Gasteiger charge is 2.43. The van der Waals surface area contributed by atoms with Crippen LogP contribution in [0.5, 0.6) is 11.5 Å². The van der Waals surface area contributed by atoms with E-state index in [-0.39, 0.29) is 11.2 Å². The summed E-state index contributed by atoms with van der Waals surface area (Å²) in [4.78, 5) is 10.4. The number of fused-ring (bicyclic) bond motifs is 3. The molecule has 5 nitrogen and oxygen atoms in total. The number of benzene rings is 2. The first-order valence-corrected chi connectivity index (χ1v) is 16.3. The summed E-state index contributed by atoms with van der Waals surface area (Å²) in [5.41, 5.74) is 7.23. The molecule has 2 aliphatic carbocycles. The summed E-state index contributed by atoms with van der Waals surface area (Å²) >= 11 is 0. The van der Waals surface area contributed by atoms with Crippen molar-refractivity contribution in [3.63, 3.8) is 0 Å². The Morgan fingerprint density at radius 3 is 2.58 bits per heavy atom. The van der Waals surface area contributed by atoms with E-state index in [0.29, 0.717) is 18.8 Å². The second-order valence-corrected chi connectivity index (χ2v) is 13.0. The number of phenols is 1. The van der Waals surface area contributed by atoms with Gasteiger partial charge in [0.05, 0.1) is 12.0 Å². The Bertz CT molecular complexity index is 1420. The Morgan fingerprint density at radius 2 is 1.81 bits per heavy atom. The number of hydrogen-bond acceptors (Lipinski definition) is 4. The number of allylic oxidation sites excluding steroid dienone is 4. The largest absolute Gasteiger partial charge is 0.508 e. The zero-order valence-corrected chi connectivity index (χ0v) is 26.2. The van der Waals surface area contributed by atoms with Gasteiger partial charge in [-0.25, -0.2) is 0 Å². The van der Waals surface area contributed by atoms with Crippen LogP contribution < -0.4 is 4.74 Å². The highest BCUT2D eigenvalue weighted by atomic mass is 16.5. The van der Waals surface area contributed by atoms with Gasteiger partial charge in [0.15, 0.2) is 5.71 Å². The summed E-state index contributed by atoms with van der Waals surface area (Å²) in [5, 5.41) is 9.94. The monoisotopic (exact) mass is 582 g/mol. The Hall–Kier alpha value is -3.60. The van der Waals surface area contributed by atoms with Crippen LogP contribution in [0.3, 0.4) is 0 Å². The number of rotatable bonds is 9. The van der Waals surface area contributed by atoms with Gasteiger partial charge in [-0.05, 0) is 87.3 Å². The van der Waals surface area contributed by atoms with Gasteiger partial charge >= 0.3 is 0 Å². The fourth-order valence-electron chi connectivity index (χ4n) is 6.91. The molecule has 43 heavy (non-hydrogen) atoms. The quantitative estimate of drug-likeness (QED) is 0.182. The van der Waals surface area contributed by atoms with Crippen LogP contribution >= 0.6 is 0 Å². The molecule has 2 aromatic rings. The summed E-state index contributed by atoms with van der Waals surface area (Å²) in [7, 11) is 0. The average Bonchev–Trinajstić information content (AvgIpc) is 3.23. The molecule has 2 heterocycles. The van der Waals surface area contributed by atoms with E-state index in [1.807, 2.05) is 6.07 Å². The number of carbonyl (C=O) groups is 1. The molecule has 228 valence electrons. The predicted molar refractivity (Wildman–Crippen MR) is 174 cm³/mol. The molecule has 1 N–H and O–H groups in total. The molecule has 6 rings (SSSR count). The second-order valence-electron chi connectivity index (χ2n) is 13.0. The third-order valence-electron chi connectivity index (χ3n) is 9.36. The summed E-state index contributed by atoms with van der Waals surface area (Å²) in [6.45, 7) is 8.87. The first-order chi connectivity index (χ1) is 20.9. The molecule has 2 aromatic carbocycles. The molecule has 0 unspecified atom stereocenters. The lowest BCUT2D eigenvalue weighted by Gasteiger charge is -2.26. The SMILES string of the molecule is CC1(C)C(/C=C/C2=C3Oc4cc(O)ccc4C=C3CCC2)=[N+](CCCCCOC=O)c2ccccc21.CC1CCCCC1. The minimum atomic E-state index is -0.113. The van der Waals surface area contributed by atoms with Gasteiger partial charge in [-0.15, -0.1) is 0 Å². The van der Waals surface area contributed by atoms with Crippen LogP contribution in [-0.2, 0) is 14.9 Å². The normalized spacial score (nSPS) is 19.1. The third-order valence-corrected chi connectivity index (χ3v) is 9.36. The van der Waals surface area contributed by atoms with Crippen LogP contribution in [-0.4, -0.2) is 35.0 Å². The Labute approximate surface area is 257 Å². The van der Waals surface area contributed by atoms with Crippen LogP contribution in [0.25, 0.3) is 6.08 Å². The highest BCUT2D eigenvalue weighted by molar-refractivity contribution is 6.03. The molecule has 4 aliphatic rings. The van der Waals surface area contributed by atoms with Crippen molar-refractivity contribution in [2.24, 2.45) is 5.92 Å². The van der Waals surface area contributed by atoms with Gasteiger partial charge in [-0.3, -0.25) is 4.79 Å². The number of phenolic OH excluding ortho intramolecular Hbond substituents is 1. The second kappa shape index (κ2) is 14.2. The van der Waals surface area contributed by atoms with Crippen LogP contribution in [0.2, 0.25) is 0 Å². The zero-order valence-electron chi connectivity index (χ0n) is 26.2.